The minimum atomic E-state index is -0.111. The van der Waals surface area contributed by atoms with Crippen molar-refractivity contribution < 1.29 is 5.21 Å². The van der Waals surface area contributed by atoms with Gasteiger partial charge in [0.1, 0.15) is 5.84 Å². The van der Waals surface area contributed by atoms with Crippen LogP contribution >= 0.6 is 0 Å². The fourth-order valence-electron chi connectivity index (χ4n) is 1.56. The lowest BCUT2D eigenvalue weighted by molar-refractivity contribution is 0.314. The summed E-state index contributed by atoms with van der Waals surface area (Å²) in [6.07, 6.45) is 0. The lowest BCUT2D eigenvalue weighted by Gasteiger charge is -2.25. The molecule has 0 bridgehead atoms. The summed E-state index contributed by atoms with van der Waals surface area (Å²) < 4.78 is 0. The van der Waals surface area contributed by atoms with Crippen molar-refractivity contribution in [2.75, 3.05) is 6.54 Å². The Bertz CT molecular complexity index is 368. The Morgan fingerprint density at radius 3 is 2.41 bits per heavy atom. The van der Waals surface area contributed by atoms with Crippen LogP contribution in [0.3, 0.4) is 0 Å². The molecule has 0 radical (unpaired) electrons. The van der Waals surface area contributed by atoms with Crippen LogP contribution in [0, 0.1) is 0 Å². The lowest BCUT2D eigenvalue weighted by atomic mass is 9.96. The first-order chi connectivity index (χ1) is 7.94. The molecule has 4 N–H and O–H groups in total. The number of benzene rings is 1. The van der Waals surface area contributed by atoms with E-state index < -0.39 is 0 Å². The van der Waals surface area contributed by atoms with Crippen molar-refractivity contribution in [3.8, 4) is 0 Å². The minimum Gasteiger partial charge on any atom is -0.409 e. The number of oxime groups is 1. The molecule has 0 spiro atoms. The molecule has 0 amide bonds. The maximum absolute atomic E-state index is 8.83. The fraction of sp³-hybridized carbons (Fsp3) is 0.462. The van der Waals surface area contributed by atoms with E-state index >= 15 is 0 Å². The van der Waals surface area contributed by atoms with Crippen LogP contribution in [0.5, 0.6) is 0 Å². The van der Waals surface area contributed by atoms with E-state index in [0.29, 0.717) is 6.54 Å². The second kappa shape index (κ2) is 5.68. The van der Waals surface area contributed by atoms with Gasteiger partial charge in [0.25, 0.3) is 0 Å². The Hall–Kier alpha value is -1.55. The minimum absolute atomic E-state index is 0.00274. The van der Waals surface area contributed by atoms with Crippen LogP contribution in [0.2, 0.25) is 0 Å². The average molecular weight is 235 g/mol. The van der Waals surface area contributed by atoms with E-state index in [1.807, 2.05) is 30.3 Å². The topological polar surface area (TPSA) is 70.6 Å². The summed E-state index contributed by atoms with van der Waals surface area (Å²) in [7, 11) is 0. The van der Waals surface area contributed by atoms with Crippen LogP contribution in [0.25, 0.3) is 0 Å². The molecule has 1 unspecified atom stereocenters. The standard InChI is InChI=1S/C13H21N3O/c1-13(2,3)15-9-11(12(14)16-17)10-7-5-4-6-8-10/h4-8,11,15,17H,9H2,1-3H3,(H2,14,16). The SMILES string of the molecule is CC(C)(C)NCC(C(N)=NO)c1ccccc1. The van der Waals surface area contributed by atoms with Crippen molar-refractivity contribution in [1.29, 1.82) is 0 Å². The Morgan fingerprint density at radius 2 is 1.94 bits per heavy atom. The van der Waals surface area contributed by atoms with Crippen LogP contribution in [-0.2, 0) is 0 Å². The number of nitrogens with one attached hydrogen (secondary N) is 1. The first kappa shape index (κ1) is 13.5. The fourth-order valence-corrected chi connectivity index (χ4v) is 1.56. The maximum Gasteiger partial charge on any atom is 0.147 e. The maximum atomic E-state index is 8.83. The largest absolute Gasteiger partial charge is 0.409 e. The highest BCUT2D eigenvalue weighted by Crippen LogP contribution is 2.16. The van der Waals surface area contributed by atoms with Crippen LogP contribution < -0.4 is 11.1 Å². The van der Waals surface area contributed by atoms with Gasteiger partial charge in [0.2, 0.25) is 0 Å². The molecule has 0 saturated heterocycles. The Labute approximate surface area is 103 Å². The van der Waals surface area contributed by atoms with Gasteiger partial charge in [-0.2, -0.15) is 0 Å². The van der Waals surface area contributed by atoms with E-state index in [1.165, 1.54) is 0 Å². The van der Waals surface area contributed by atoms with Crippen molar-refractivity contribution in [3.05, 3.63) is 35.9 Å². The number of nitrogens with zero attached hydrogens (tertiary/aromatic N) is 1. The van der Waals surface area contributed by atoms with Crippen LogP contribution in [0.15, 0.2) is 35.5 Å². The zero-order valence-corrected chi connectivity index (χ0v) is 10.6. The number of amidine groups is 1. The third kappa shape index (κ3) is 4.44. The second-order valence-corrected chi connectivity index (χ2v) is 5.12. The monoisotopic (exact) mass is 235 g/mol. The first-order valence-corrected chi connectivity index (χ1v) is 5.71. The molecule has 0 aliphatic rings. The zero-order chi connectivity index (χ0) is 12.9. The van der Waals surface area contributed by atoms with Crippen molar-refractivity contribution in [2.45, 2.75) is 32.2 Å². The molecule has 94 valence electrons. The van der Waals surface area contributed by atoms with Crippen molar-refractivity contribution in [3.63, 3.8) is 0 Å². The highest BCUT2D eigenvalue weighted by Gasteiger charge is 2.19. The molecule has 0 saturated carbocycles. The number of nitrogens with two attached hydrogens (primary N) is 1. The molecule has 0 aliphatic carbocycles. The molecule has 4 heteroatoms. The zero-order valence-electron chi connectivity index (χ0n) is 10.6. The predicted molar refractivity (Wildman–Crippen MR) is 70.3 cm³/mol. The number of rotatable bonds is 4. The van der Waals surface area contributed by atoms with Gasteiger partial charge in [0.15, 0.2) is 0 Å². The molecule has 0 heterocycles. The Balaban J connectivity index is 2.83. The molecular weight excluding hydrogens is 214 g/mol. The summed E-state index contributed by atoms with van der Waals surface area (Å²) in [5.74, 6) is 0.119. The predicted octanol–water partition coefficient (Wildman–Crippen LogP) is 1.90. The molecule has 1 atom stereocenters. The number of hydrogen-bond donors (Lipinski definition) is 3. The normalized spacial score (nSPS) is 14.6. The summed E-state index contributed by atoms with van der Waals surface area (Å²) in [5.41, 5.74) is 6.78. The Morgan fingerprint density at radius 1 is 1.35 bits per heavy atom. The van der Waals surface area contributed by atoms with Gasteiger partial charge in [-0.05, 0) is 26.3 Å². The molecule has 1 aromatic carbocycles. The van der Waals surface area contributed by atoms with Gasteiger partial charge in [0, 0.05) is 12.1 Å². The Kier molecular flexibility index (Phi) is 4.52. The van der Waals surface area contributed by atoms with Gasteiger partial charge in [-0.25, -0.2) is 0 Å². The summed E-state index contributed by atoms with van der Waals surface area (Å²) >= 11 is 0. The highest BCUT2D eigenvalue weighted by atomic mass is 16.4. The van der Waals surface area contributed by atoms with Gasteiger partial charge in [-0.1, -0.05) is 35.5 Å². The third-order valence-corrected chi connectivity index (χ3v) is 2.51. The third-order valence-electron chi connectivity index (χ3n) is 2.51. The molecule has 4 nitrogen and oxygen atoms in total. The molecule has 0 fully saturated rings. The number of hydrogen-bond acceptors (Lipinski definition) is 3. The summed E-state index contributed by atoms with van der Waals surface area (Å²) in [6, 6.07) is 9.80. The van der Waals surface area contributed by atoms with Crippen LogP contribution in [0.1, 0.15) is 32.3 Å². The average Bonchev–Trinajstić information content (AvgIpc) is 2.29. The first-order valence-electron chi connectivity index (χ1n) is 5.71. The van der Waals surface area contributed by atoms with Gasteiger partial charge >= 0.3 is 0 Å². The van der Waals surface area contributed by atoms with E-state index in [0.717, 1.165) is 5.56 Å². The summed E-state index contributed by atoms with van der Waals surface area (Å²) in [6.45, 7) is 6.90. The molecular formula is C13H21N3O. The van der Waals surface area contributed by atoms with Crippen molar-refractivity contribution in [1.82, 2.24) is 5.32 Å². The smallest absolute Gasteiger partial charge is 0.147 e. The molecule has 1 aromatic rings. The second-order valence-electron chi connectivity index (χ2n) is 5.12. The molecule has 0 aliphatic heterocycles. The molecule has 17 heavy (non-hydrogen) atoms. The van der Waals surface area contributed by atoms with E-state index in [-0.39, 0.29) is 17.3 Å². The van der Waals surface area contributed by atoms with Crippen molar-refractivity contribution in [2.24, 2.45) is 10.9 Å². The van der Waals surface area contributed by atoms with Gasteiger partial charge in [0.05, 0.1) is 5.92 Å². The van der Waals surface area contributed by atoms with E-state index in [4.69, 9.17) is 10.9 Å². The molecule has 0 aromatic heterocycles. The van der Waals surface area contributed by atoms with Crippen molar-refractivity contribution >= 4 is 5.84 Å². The van der Waals surface area contributed by atoms with E-state index in [2.05, 4.69) is 31.2 Å². The molecule has 1 rings (SSSR count). The van der Waals surface area contributed by atoms with Gasteiger partial charge < -0.3 is 16.3 Å². The van der Waals surface area contributed by atoms with E-state index in [9.17, 15) is 0 Å². The quantitative estimate of drug-likeness (QED) is 0.323. The highest BCUT2D eigenvalue weighted by molar-refractivity contribution is 5.87. The van der Waals surface area contributed by atoms with Crippen LogP contribution in [-0.4, -0.2) is 23.1 Å². The van der Waals surface area contributed by atoms with Crippen LogP contribution in [0.4, 0.5) is 0 Å². The summed E-state index contributed by atoms with van der Waals surface area (Å²) in [4.78, 5) is 0. The summed E-state index contributed by atoms with van der Waals surface area (Å²) in [5, 5.41) is 15.3. The van der Waals surface area contributed by atoms with E-state index in [1.54, 1.807) is 0 Å². The van der Waals surface area contributed by atoms with Gasteiger partial charge in [-0.3, -0.25) is 0 Å². The lowest BCUT2D eigenvalue weighted by Crippen LogP contribution is -2.41. The van der Waals surface area contributed by atoms with Gasteiger partial charge in [-0.15, -0.1) is 0 Å².